The first-order chi connectivity index (χ1) is 11.6. The number of guanidine groups is 1. The van der Waals surface area contributed by atoms with Crippen molar-refractivity contribution in [1.29, 1.82) is 0 Å². The molecule has 2 rings (SSSR count). The third-order valence-corrected chi connectivity index (χ3v) is 4.01. The van der Waals surface area contributed by atoms with E-state index in [1.807, 2.05) is 39.0 Å². The van der Waals surface area contributed by atoms with Crippen molar-refractivity contribution in [2.45, 2.75) is 40.2 Å². The minimum absolute atomic E-state index is 0. The zero-order valence-corrected chi connectivity index (χ0v) is 17.7. The van der Waals surface area contributed by atoms with E-state index >= 15 is 0 Å². The molecule has 1 fully saturated rings. The number of carbonyl (C=O) groups is 1. The Morgan fingerprint density at radius 1 is 1.44 bits per heavy atom. The van der Waals surface area contributed by atoms with Gasteiger partial charge in [-0.2, -0.15) is 0 Å². The van der Waals surface area contributed by atoms with E-state index in [1.54, 1.807) is 0 Å². The summed E-state index contributed by atoms with van der Waals surface area (Å²) in [6.45, 7) is 9.20. The molecule has 0 saturated carbocycles. The minimum Gasteiger partial charge on any atom is -0.466 e. The van der Waals surface area contributed by atoms with Gasteiger partial charge in [0.1, 0.15) is 0 Å². The quantitative estimate of drug-likeness (QED) is 0.317. The lowest BCUT2D eigenvalue weighted by molar-refractivity contribution is -0.149. The summed E-state index contributed by atoms with van der Waals surface area (Å²) in [5.74, 6) is 0.674. The number of piperidine rings is 1. The molecule has 1 aliphatic rings. The van der Waals surface area contributed by atoms with Crippen LogP contribution in [0.15, 0.2) is 23.2 Å². The summed E-state index contributed by atoms with van der Waals surface area (Å²) in [5, 5.41) is 3.32. The lowest BCUT2D eigenvalue weighted by Crippen LogP contribution is -2.48. The van der Waals surface area contributed by atoms with Gasteiger partial charge < -0.3 is 15.0 Å². The van der Waals surface area contributed by atoms with Gasteiger partial charge in [-0.25, -0.2) is 4.99 Å². The Kier molecular flexibility index (Phi) is 9.77. The average molecular weight is 460 g/mol. The first-order valence-electron chi connectivity index (χ1n) is 8.76. The van der Waals surface area contributed by atoms with Crippen LogP contribution in [0.1, 0.15) is 38.1 Å². The van der Waals surface area contributed by atoms with Gasteiger partial charge in [0, 0.05) is 25.3 Å². The van der Waals surface area contributed by atoms with E-state index in [0.29, 0.717) is 19.7 Å². The Labute approximate surface area is 167 Å². The molecule has 0 spiro atoms. The Hall–Kier alpha value is -1.38. The molecule has 25 heavy (non-hydrogen) atoms. The minimum atomic E-state index is -0.0987. The van der Waals surface area contributed by atoms with E-state index in [9.17, 15) is 4.79 Å². The summed E-state index contributed by atoms with van der Waals surface area (Å²) >= 11 is 0. The number of aliphatic imine (C=N–C) groups is 1. The molecule has 0 amide bonds. The number of ether oxygens (including phenoxy) is 1. The van der Waals surface area contributed by atoms with Crippen LogP contribution in [0.4, 0.5) is 0 Å². The van der Waals surface area contributed by atoms with Gasteiger partial charge >= 0.3 is 5.97 Å². The second-order valence-corrected chi connectivity index (χ2v) is 5.98. The number of nitrogens with zero attached hydrogens (tertiary/aromatic N) is 3. The van der Waals surface area contributed by atoms with E-state index < -0.39 is 0 Å². The molecular formula is C18H29IN4O2. The van der Waals surface area contributed by atoms with Crippen LogP contribution in [0.25, 0.3) is 0 Å². The Morgan fingerprint density at radius 3 is 2.92 bits per heavy atom. The Morgan fingerprint density at radius 2 is 2.24 bits per heavy atom. The third-order valence-electron chi connectivity index (χ3n) is 4.01. The van der Waals surface area contributed by atoms with Crippen LogP contribution in [0, 0.1) is 12.8 Å². The summed E-state index contributed by atoms with van der Waals surface area (Å²) in [5.41, 5.74) is 1.94. The van der Waals surface area contributed by atoms with E-state index in [2.05, 4.69) is 15.2 Å². The van der Waals surface area contributed by atoms with E-state index in [0.717, 1.165) is 43.3 Å². The number of halogens is 1. The normalized spacial score (nSPS) is 17.6. The van der Waals surface area contributed by atoms with Crippen LogP contribution >= 0.6 is 24.0 Å². The lowest BCUT2D eigenvalue weighted by atomic mass is 9.98. The molecule has 1 N–H and O–H groups in total. The third kappa shape index (κ3) is 6.80. The van der Waals surface area contributed by atoms with Gasteiger partial charge in [0.05, 0.1) is 24.8 Å². The maximum absolute atomic E-state index is 12.0. The van der Waals surface area contributed by atoms with Crippen LogP contribution in [-0.2, 0) is 16.1 Å². The fourth-order valence-corrected chi connectivity index (χ4v) is 2.89. The van der Waals surface area contributed by atoms with Crippen LogP contribution in [-0.4, -0.2) is 48.1 Å². The molecule has 140 valence electrons. The van der Waals surface area contributed by atoms with Crippen molar-refractivity contribution in [1.82, 2.24) is 15.2 Å². The summed E-state index contributed by atoms with van der Waals surface area (Å²) in [4.78, 5) is 23.4. The first-order valence-corrected chi connectivity index (χ1v) is 8.76. The molecule has 1 atom stereocenters. The largest absolute Gasteiger partial charge is 0.466 e. The fraction of sp³-hybridized carbons (Fsp3) is 0.611. The number of rotatable bonds is 5. The molecule has 6 nitrogen and oxygen atoms in total. The monoisotopic (exact) mass is 460 g/mol. The van der Waals surface area contributed by atoms with Crippen LogP contribution in [0.3, 0.4) is 0 Å². The molecule has 0 radical (unpaired) electrons. The number of carbonyl (C=O) groups excluding carboxylic acids is 1. The number of nitrogens with one attached hydrogen (secondary N) is 1. The highest BCUT2D eigenvalue weighted by Crippen LogP contribution is 2.18. The van der Waals surface area contributed by atoms with Gasteiger partial charge in [-0.1, -0.05) is 6.07 Å². The van der Waals surface area contributed by atoms with E-state index in [-0.39, 0.29) is 35.9 Å². The number of esters is 1. The standard InChI is InChI=1S/C18H28N4O2.HI/c1-4-19-18(20-12-16-10-6-8-14(3)21-16)22-11-7-9-15(13-22)17(23)24-5-2;/h6,8,10,15H,4-5,7,9,11-13H2,1-3H3,(H,19,20);1H. The first kappa shape index (κ1) is 21.7. The molecule has 7 heteroatoms. The van der Waals surface area contributed by atoms with Crippen LogP contribution in [0.5, 0.6) is 0 Å². The molecule has 1 unspecified atom stereocenters. The zero-order chi connectivity index (χ0) is 17.4. The fourth-order valence-electron chi connectivity index (χ4n) is 2.89. The van der Waals surface area contributed by atoms with Crippen molar-refractivity contribution >= 4 is 35.9 Å². The molecule has 1 saturated heterocycles. The molecule has 1 aliphatic heterocycles. The van der Waals surface area contributed by atoms with Crippen molar-refractivity contribution < 1.29 is 9.53 Å². The maximum atomic E-state index is 12.0. The number of hydrogen-bond acceptors (Lipinski definition) is 4. The predicted octanol–water partition coefficient (Wildman–Crippen LogP) is 2.75. The summed E-state index contributed by atoms with van der Waals surface area (Å²) in [6, 6.07) is 5.96. The van der Waals surface area contributed by atoms with Crippen LogP contribution in [0.2, 0.25) is 0 Å². The molecule has 0 aliphatic carbocycles. The summed E-state index contributed by atoms with van der Waals surface area (Å²) in [6.07, 6.45) is 1.85. The van der Waals surface area contributed by atoms with Crippen molar-refractivity contribution in [3.8, 4) is 0 Å². The van der Waals surface area contributed by atoms with Gasteiger partial charge in [0.2, 0.25) is 0 Å². The molecule has 0 aromatic carbocycles. The number of pyridine rings is 1. The Balaban J connectivity index is 0.00000312. The van der Waals surface area contributed by atoms with Gasteiger partial charge in [-0.05, 0) is 45.7 Å². The van der Waals surface area contributed by atoms with Crippen molar-refractivity contribution in [2.24, 2.45) is 10.9 Å². The highest BCUT2D eigenvalue weighted by molar-refractivity contribution is 14.0. The van der Waals surface area contributed by atoms with Gasteiger partial charge in [-0.3, -0.25) is 9.78 Å². The average Bonchev–Trinajstić information content (AvgIpc) is 2.59. The second kappa shape index (κ2) is 11.3. The molecule has 1 aromatic heterocycles. The maximum Gasteiger partial charge on any atom is 0.310 e. The van der Waals surface area contributed by atoms with Gasteiger partial charge in [0.15, 0.2) is 5.96 Å². The molecular weight excluding hydrogens is 431 g/mol. The van der Waals surface area contributed by atoms with Gasteiger partial charge in [0.25, 0.3) is 0 Å². The van der Waals surface area contributed by atoms with Gasteiger partial charge in [-0.15, -0.1) is 24.0 Å². The van der Waals surface area contributed by atoms with Crippen molar-refractivity contribution in [3.05, 3.63) is 29.6 Å². The number of likely N-dealkylation sites (tertiary alicyclic amines) is 1. The number of hydrogen-bond donors (Lipinski definition) is 1. The highest BCUT2D eigenvalue weighted by Gasteiger charge is 2.28. The van der Waals surface area contributed by atoms with E-state index in [4.69, 9.17) is 9.73 Å². The number of aryl methyl sites for hydroxylation is 1. The van der Waals surface area contributed by atoms with E-state index in [1.165, 1.54) is 0 Å². The summed E-state index contributed by atoms with van der Waals surface area (Å²) in [7, 11) is 0. The SMILES string of the molecule is CCNC(=NCc1cccc(C)n1)N1CCCC(C(=O)OCC)C1.I. The topological polar surface area (TPSA) is 66.8 Å². The highest BCUT2D eigenvalue weighted by atomic mass is 127. The van der Waals surface area contributed by atoms with Crippen molar-refractivity contribution in [2.75, 3.05) is 26.2 Å². The molecule has 2 heterocycles. The number of aromatic nitrogens is 1. The van der Waals surface area contributed by atoms with Crippen molar-refractivity contribution in [3.63, 3.8) is 0 Å². The van der Waals surface area contributed by atoms with Crippen LogP contribution < -0.4 is 5.32 Å². The smallest absolute Gasteiger partial charge is 0.310 e. The summed E-state index contributed by atoms with van der Waals surface area (Å²) < 4.78 is 5.18. The predicted molar refractivity (Wildman–Crippen MR) is 110 cm³/mol. The molecule has 1 aromatic rings. The molecule has 0 bridgehead atoms. The zero-order valence-electron chi connectivity index (χ0n) is 15.3. The second-order valence-electron chi connectivity index (χ2n) is 5.98. The Bertz CT molecular complexity index is 580. The lowest BCUT2D eigenvalue weighted by Gasteiger charge is -2.34.